The second kappa shape index (κ2) is 5.94. The van der Waals surface area contributed by atoms with E-state index in [2.05, 4.69) is 38.8 Å². The molecule has 1 aliphatic heterocycles. The molecule has 2 N–H and O–H groups in total. The minimum absolute atomic E-state index is 0.00569. The molecule has 1 aromatic carbocycles. The van der Waals surface area contributed by atoms with Crippen LogP contribution in [0.2, 0.25) is 0 Å². The fourth-order valence-electron chi connectivity index (χ4n) is 2.55. The van der Waals surface area contributed by atoms with Crippen LogP contribution in [0.15, 0.2) is 26.0 Å². The maximum Gasteiger partial charge on any atom is 0.246 e. The number of benzene rings is 1. The standard InChI is InChI=1S/C13H18Br2N2O2S/c1-8-3-4-9(2)17(7-8)20(18,19)13-11(15)5-10(14)6-12(13)16/h5-6,8-9H,3-4,7,16H2,1-2H3. The Bertz CT molecular complexity index is 596. The summed E-state index contributed by atoms with van der Waals surface area (Å²) in [6.07, 6.45) is 1.94. The van der Waals surface area contributed by atoms with Gasteiger partial charge in [-0.05, 0) is 53.7 Å². The number of rotatable bonds is 2. The SMILES string of the molecule is CC1CCC(C)N(S(=O)(=O)c2c(N)cc(Br)cc2Br)C1. The Balaban J connectivity index is 2.50. The fraction of sp³-hybridized carbons (Fsp3) is 0.538. The van der Waals surface area contributed by atoms with Crippen LogP contribution in [0.4, 0.5) is 5.69 Å². The van der Waals surface area contributed by atoms with Gasteiger partial charge in [0.15, 0.2) is 0 Å². The second-order valence-corrected chi connectivity index (χ2v) is 9.01. The molecule has 20 heavy (non-hydrogen) atoms. The van der Waals surface area contributed by atoms with Crippen LogP contribution in [0, 0.1) is 5.92 Å². The molecule has 4 nitrogen and oxygen atoms in total. The van der Waals surface area contributed by atoms with Gasteiger partial charge in [0.25, 0.3) is 0 Å². The number of hydrogen-bond donors (Lipinski definition) is 1. The van der Waals surface area contributed by atoms with E-state index >= 15 is 0 Å². The van der Waals surface area contributed by atoms with Crippen LogP contribution in [0.1, 0.15) is 26.7 Å². The molecule has 0 amide bonds. The summed E-state index contributed by atoms with van der Waals surface area (Å²) in [4.78, 5) is 0.168. The molecule has 112 valence electrons. The normalized spacial score (nSPS) is 24.8. The predicted molar refractivity (Wildman–Crippen MR) is 88.0 cm³/mol. The summed E-state index contributed by atoms with van der Waals surface area (Å²) in [5, 5.41) is 0. The number of nitrogens with two attached hydrogens (primary N) is 1. The zero-order valence-electron chi connectivity index (χ0n) is 11.4. The molecule has 1 fully saturated rings. The number of halogens is 2. The molecule has 0 aliphatic carbocycles. The zero-order valence-corrected chi connectivity index (χ0v) is 15.4. The molecule has 1 saturated heterocycles. The highest BCUT2D eigenvalue weighted by atomic mass is 79.9. The van der Waals surface area contributed by atoms with Gasteiger partial charge in [0.05, 0.1) is 5.69 Å². The zero-order chi connectivity index (χ0) is 15.1. The number of anilines is 1. The summed E-state index contributed by atoms with van der Waals surface area (Å²) in [6, 6.07) is 3.34. The third-order valence-corrected chi connectivity index (χ3v) is 7.11. The molecule has 2 rings (SSSR count). The smallest absolute Gasteiger partial charge is 0.246 e. The summed E-state index contributed by atoms with van der Waals surface area (Å²) in [5.41, 5.74) is 6.19. The Morgan fingerprint density at radius 3 is 2.50 bits per heavy atom. The minimum atomic E-state index is -3.58. The minimum Gasteiger partial charge on any atom is -0.398 e. The molecule has 0 saturated carbocycles. The van der Waals surface area contributed by atoms with Gasteiger partial charge in [-0.2, -0.15) is 4.31 Å². The van der Waals surface area contributed by atoms with E-state index in [0.29, 0.717) is 16.9 Å². The number of nitrogens with zero attached hydrogens (tertiary/aromatic N) is 1. The Morgan fingerprint density at radius 1 is 1.25 bits per heavy atom. The Labute approximate surface area is 137 Å². The number of nitrogen functional groups attached to an aromatic ring is 1. The third-order valence-electron chi connectivity index (χ3n) is 3.66. The van der Waals surface area contributed by atoms with Gasteiger partial charge in [0.2, 0.25) is 10.0 Å². The van der Waals surface area contributed by atoms with E-state index < -0.39 is 10.0 Å². The first-order valence-corrected chi connectivity index (χ1v) is 9.52. The highest BCUT2D eigenvalue weighted by Gasteiger charge is 2.35. The molecule has 2 unspecified atom stereocenters. The molecule has 0 bridgehead atoms. The highest BCUT2D eigenvalue weighted by molar-refractivity contribution is 9.11. The molecule has 1 aromatic rings. The van der Waals surface area contributed by atoms with E-state index in [9.17, 15) is 8.42 Å². The van der Waals surface area contributed by atoms with E-state index in [0.717, 1.165) is 17.3 Å². The molecular formula is C13H18Br2N2O2S. The Morgan fingerprint density at radius 2 is 1.90 bits per heavy atom. The summed E-state index contributed by atoms with van der Waals surface area (Å²) in [6.45, 7) is 4.58. The van der Waals surface area contributed by atoms with Crippen molar-refractivity contribution in [2.24, 2.45) is 5.92 Å². The highest BCUT2D eigenvalue weighted by Crippen LogP contribution is 2.36. The van der Waals surface area contributed by atoms with Crippen LogP contribution in [-0.2, 0) is 10.0 Å². The second-order valence-electron chi connectivity index (χ2n) is 5.41. The van der Waals surface area contributed by atoms with E-state index in [1.807, 2.05) is 6.92 Å². The van der Waals surface area contributed by atoms with Crippen LogP contribution in [0.3, 0.4) is 0 Å². The van der Waals surface area contributed by atoms with Gasteiger partial charge >= 0.3 is 0 Å². The Hall–Kier alpha value is -0.110. The molecule has 0 radical (unpaired) electrons. The average Bonchev–Trinajstić information content (AvgIpc) is 2.30. The first-order valence-electron chi connectivity index (χ1n) is 6.50. The van der Waals surface area contributed by atoms with Gasteiger partial charge in [0, 0.05) is 21.5 Å². The summed E-state index contributed by atoms with van der Waals surface area (Å²) < 4.78 is 28.6. The van der Waals surface area contributed by atoms with Crippen molar-refractivity contribution in [2.75, 3.05) is 12.3 Å². The van der Waals surface area contributed by atoms with Gasteiger partial charge in [0.1, 0.15) is 4.90 Å². The first kappa shape index (κ1) is 16.3. The number of piperidine rings is 1. The van der Waals surface area contributed by atoms with Gasteiger partial charge in [-0.3, -0.25) is 0 Å². The monoisotopic (exact) mass is 424 g/mol. The van der Waals surface area contributed by atoms with Crippen molar-refractivity contribution in [2.45, 2.75) is 37.6 Å². The molecule has 1 aliphatic rings. The van der Waals surface area contributed by atoms with E-state index in [1.54, 1.807) is 16.4 Å². The van der Waals surface area contributed by atoms with Gasteiger partial charge < -0.3 is 5.73 Å². The van der Waals surface area contributed by atoms with Crippen molar-refractivity contribution in [1.82, 2.24) is 4.31 Å². The lowest BCUT2D eigenvalue weighted by atomic mass is 9.97. The lowest BCUT2D eigenvalue weighted by Gasteiger charge is -2.36. The topological polar surface area (TPSA) is 63.4 Å². The van der Waals surface area contributed by atoms with Crippen molar-refractivity contribution in [1.29, 1.82) is 0 Å². The van der Waals surface area contributed by atoms with Crippen molar-refractivity contribution in [3.05, 3.63) is 21.1 Å². The summed E-state index contributed by atoms with van der Waals surface area (Å²) in [5.74, 6) is 0.372. The predicted octanol–water partition coefficient (Wildman–Crippen LogP) is 3.60. The fourth-order valence-corrected chi connectivity index (χ4v) is 6.35. The maximum atomic E-state index is 12.9. The number of sulfonamides is 1. The first-order chi connectivity index (χ1) is 9.23. The molecule has 0 spiro atoms. The van der Waals surface area contributed by atoms with Crippen molar-refractivity contribution in [3.63, 3.8) is 0 Å². The molecular weight excluding hydrogens is 408 g/mol. The largest absolute Gasteiger partial charge is 0.398 e. The van der Waals surface area contributed by atoms with Crippen molar-refractivity contribution < 1.29 is 8.42 Å². The van der Waals surface area contributed by atoms with Crippen LogP contribution in [0.5, 0.6) is 0 Å². The van der Waals surface area contributed by atoms with Gasteiger partial charge in [-0.1, -0.05) is 22.9 Å². The van der Waals surface area contributed by atoms with E-state index in [1.165, 1.54) is 0 Å². The maximum absolute atomic E-state index is 12.9. The molecule has 1 heterocycles. The van der Waals surface area contributed by atoms with E-state index in [-0.39, 0.29) is 16.6 Å². The molecule has 2 atom stereocenters. The Kier molecular flexibility index (Phi) is 4.83. The molecule has 7 heteroatoms. The van der Waals surface area contributed by atoms with E-state index in [4.69, 9.17) is 5.73 Å². The quantitative estimate of drug-likeness (QED) is 0.736. The summed E-state index contributed by atoms with van der Waals surface area (Å²) >= 11 is 6.63. The van der Waals surface area contributed by atoms with Crippen LogP contribution < -0.4 is 5.73 Å². The van der Waals surface area contributed by atoms with Crippen molar-refractivity contribution in [3.8, 4) is 0 Å². The van der Waals surface area contributed by atoms with Crippen LogP contribution >= 0.6 is 31.9 Å². The lowest BCUT2D eigenvalue weighted by molar-refractivity contribution is 0.218. The summed E-state index contributed by atoms with van der Waals surface area (Å²) in [7, 11) is -3.58. The average molecular weight is 426 g/mol. The molecule has 0 aromatic heterocycles. The van der Waals surface area contributed by atoms with Crippen molar-refractivity contribution >= 4 is 47.6 Å². The van der Waals surface area contributed by atoms with Crippen LogP contribution in [-0.4, -0.2) is 25.3 Å². The van der Waals surface area contributed by atoms with Crippen LogP contribution in [0.25, 0.3) is 0 Å². The lowest BCUT2D eigenvalue weighted by Crippen LogP contribution is -2.45. The number of hydrogen-bond acceptors (Lipinski definition) is 3. The van der Waals surface area contributed by atoms with Gasteiger partial charge in [-0.15, -0.1) is 0 Å². The third kappa shape index (κ3) is 3.05. The van der Waals surface area contributed by atoms with Gasteiger partial charge in [-0.25, -0.2) is 8.42 Å².